The van der Waals surface area contributed by atoms with Crippen LogP contribution in [0, 0.1) is 6.92 Å². The molecular formula is C17H19NO4. The van der Waals surface area contributed by atoms with Gasteiger partial charge in [0.2, 0.25) is 0 Å². The maximum atomic E-state index is 11.9. The normalized spacial score (nSPS) is 9.95. The van der Waals surface area contributed by atoms with Crippen molar-refractivity contribution in [1.29, 1.82) is 0 Å². The number of carbonyl (C=O) groups is 1. The van der Waals surface area contributed by atoms with Gasteiger partial charge in [-0.05, 0) is 19.1 Å². The fourth-order valence-corrected chi connectivity index (χ4v) is 1.86. The van der Waals surface area contributed by atoms with Crippen molar-refractivity contribution in [3.05, 3.63) is 48.0 Å². The maximum absolute atomic E-state index is 11.9. The summed E-state index contributed by atoms with van der Waals surface area (Å²) < 4.78 is 15.7. The van der Waals surface area contributed by atoms with E-state index in [1.54, 1.807) is 32.4 Å². The highest BCUT2D eigenvalue weighted by molar-refractivity contribution is 5.92. The Morgan fingerprint density at radius 3 is 2.09 bits per heavy atom. The lowest BCUT2D eigenvalue weighted by Crippen LogP contribution is -2.20. The van der Waals surface area contributed by atoms with Gasteiger partial charge in [-0.3, -0.25) is 4.79 Å². The first-order valence-electron chi connectivity index (χ1n) is 6.83. The van der Waals surface area contributed by atoms with Crippen LogP contribution in [0.3, 0.4) is 0 Å². The molecule has 0 aliphatic rings. The Bertz CT molecular complexity index is 615. The van der Waals surface area contributed by atoms with Crippen molar-refractivity contribution in [2.75, 3.05) is 26.1 Å². The van der Waals surface area contributed by atoms with E-state index in [1.165, 1.54) is 0 Å². The minimum absolute atomic E-state index is 0.0669. The summed E-state index contributed by atoms with van der Waals surface area (Å²) in [6.45, 7) is 1.93. The number of hydrogen-bond acceptors (Lipinski definition) is 4. The largest absolute Gasteiger partial charge is 0.497 e. The van der Waals surface area contributed by atoms with E-state index in [0.717, 1.165) is 5.56 Å². The summed E-state index contributed by atoms with van der Waals surface area (Å²) in [7, 11) is 3.11. The molecule has 0 saturated heterocycles. The molecule has 22 heavy (non-hydrogen) atoms. The van der Waals surface area contributed by atoms with Gasteiger partial charge in [-0.25, -0.2) is 0 Å². The standard InChI is InChI=1S/C17H19NO4/c1-12-4-6-14(7-5-12)22-11-17(19)18-13-8-15(20-2)10-16(9-13)21-3/h4-10H,11H2,1-3H3,(H,18,19). The summed E-state index contributed by atoms with van der Waals surface area (Å²) in [5.74, 6) is 1.61. The van der Waals surface area contributed by atoms with E-state index in [9.17, 15) is 4.79 Å². The van der Waals surface area contributed by atoms with Gasteiger partial charge in [-0.15, -0.1) is 0 Å². The molecule has 1 N–H and O–H groups in total. The van der Waals surface area contributed by atoms with Gasteiger partial charge < -0.3 is 19.5 Å². The number of carbonyl (C=O) groups excluding carboxylic acids is 1. The van der Waals surface area contributed by atoms with Crippen LogP contribution in [-0.2, 0) is 4.79 Å². The number of methoxy groups -OCH3 is 2. The van der Waals surface area contributed by atoms with E-state index in [1.807, 2.05) is 31.2 Å². The van der Waals surface area contributed by atoms with E-state index in [-0.39, 0.29) is 12.5 Å². The number of benzene rings is 2. The van der Waals surface area contributed by atoms with Gasteiger partial charge in [0.05, 0.1) is 14.2 Å². The number of amides is 1. The maximum Gasteiger partial charge on any atom is 0.262 e. The Labute approximate surface area is 129 Å². The number of nitrogens with one attached hydrogen (secondary N) is 1. The summed E-state index contributed by atoms with van der Waals surface area (Å²) in [4.78, 5) is 11.9. The number of ether oxygens (including phenoxy) is 3. The molecule has 0 aliphatic carbocycles. The van der Waals surface area contributed by atoms with E-state index >= 15 is 0 Å². The lowest BCUT2D eigenvalue weighted by atomic mass is 10.2. The predicted octanol–water partition coefficient (Wildman–Crippen LogP) is 3.03. The second kappa shape index (κ2) is 7.36. The number of rotatable bonds is 6. The second-order valence-electron chi connectivity index (χ2n) is 4.75. The fourth-order valence-electron chi connectivity index (χ4n) is 1.86. The Morgan fingerprint density at radius 1 is 0.955 bits per heavy atom. The third kappa shape index (κ3) is 4.41. The first kappa shape index (κ1) is 15.7. The summed E-state index contributed by atoms with van der Waals surface area (Å²) in [5, 5.41) is 2.75. The summed E-state index contributed by atoms with van der Waals surface area (Å²) in [6.07, 6.45) is 0. The Kier molecular flexibility index (Phi) is 5.25. The topological polar surface area (TPSA) is 56.8 Å². The molecular weight excluding hydrogens is 282 g/mol. The first-order chi connectivity index (χ1) is 10.6. The summed E-state index contributed by atoms with van der Waals surface area (Å²) >= 11 is 0. The van der Waals surface area contributed by atoms with Crippen LogP contribution in [0.25, 0.3) is 0 Å². The molecule has 116 valence electrons. The molecule has 0 spiro atoms. The minimum atomic E-state index is -0.254. The van der Waals surface area contributed by atoms with Crippen molar-refractivity contribution in [2.45, 2.75) is 6.92 Å². The van der Waals surface area contributed by atoms with Crippen LogP contribution in [0.1, 0.15) is 5.56 Å². The van der Waals surface area contributed by atoms with Crippen molar-refractivity contribution in [1.82, 2.24) is 0 Å². The SMILES string of the molecule is COc1cc(NC(=O)COc2ccc(C)cc2)cc(OC)c1. The van der Waals surface area contributed by atoms with Gasteiger partial charge in [0.25, 0.3) is 5.91 Å². The fraction of sp³-hybridized carbons (Fsp3) is 0.235. The number of anilines is 1. The Morgan fingerprint density at radius 2 is 1.55 bits per heavy atom. The zero-order valence-corrected chi connectivity index (χ0v) is 12.9. The molecule has 0 unspecified atom stereocenters. The van der Waals surface area contributed by atoms with Crippen LogP contribution in [-0.4, -0.2) is 26.7 Å². The highest BCUT2D eigenvalue weighted by atomic mass is 16.5. The minimum Gasteiger partial charge on any atom is -0.497 e. The zero-order valence-electron chi connectivity index (χ0n) is 12.9. The molecule has 1 amide bonds. The van der Waals surface area contributed by atoms with Gasteiger partial charge in [0, 0.05) is 23.9 Å². The van der Waals surface area contributed by atoms with Crippen molar-refractivity contribution >= 4 is 11.6 Å². The monoisotopic (exact) mass is 301 g/mol. The highest BCUT2D eigenvalue weighted by Crippen LogP contribution is 2.25. The quantitative estimate of drug-likeness (QED) is 0.891. The summed E-state index contributed by atoms with van der Waals surface area (Å²) in [5.41, 5.74) is 1.73. The molecule has 0 atom stereocenters. The third-order valence-electron chi connectivity index (χ3n) is 3.03. The van der Waals surface area contributed by atoms with Crippen LogP contribution in [0.5, 0.6) is 17.2 Å². The van der Waals surface area contributed by atoms with Gasteiger partial charge in [-0.1, -0.05) is 17.7 Å². The lowest BCUT2D eigenvalue weighted by molar-refractivity contribution is -0.118. The van der Waals surface area contributed by atoms with Crippen LogP contribution >= 0.6 is 0 Å². The van der Waals surface area contributed by atoms with E-state index in [4.69, 9.17) is 14.2 Å². The molecule has 0 fully saturated rings. The average Bonchev–Trinajstić information content (AvgIpc) is 2.54. The van der Waals surface area contributed by atoms with E-state index in [2.05, 4.69) is 5.32 Å². The number of hydrogen-bond donors (Lipinski definition) is 1. The lowest BCUT2D eigenvalue weighted by Gasteiger charge is -2.10. The molecule has 0 aromatic heterocycles. The van der Waals surface area contributed by atoms with Gasteiger partial charge in [-0.2, -0.15) is 0 Å². The van der Waals surface area contributed by atoms with Crippen LogP contribution in [0.4, 0.5) is 5.69 Å². The van der Waals surface area contributed by atoms with Crippen LogP contribution in [0.2, 0.25) is 0 Å². The molecule has 0 radical (unpaired) electrons. The third-order valence-corrected chi connectivity index (χ3v) is 3.03. The molecule has 2 rings (SSSR count). The van der Waals surface area contributed by atoms with Crippen LogP contribution in [0.15, 0.2) is 42.5 Å². The Hall–Kier alpha value is -2.69. The average molecular weight is 301 g/mol. The van der Waals surface area contributed by atoms with Crippen molar-refractivity contribution in [3.63, 3.8) is 0 Å². The second-order valence-corrected chi connectivity index (χ2v) is 4.75. The zero-order chi connectivity index (χ0) is 15.9. The first-order valence-corrected chi connectivity index (χ1v) is 6.83. The molecule has 0 heterocycles. The van der Waals surface area contributed by atoms with Gasteiger partial charge >= 0.3 is 0 Å². The van der Waals surface area contributed by atoms with Crippen molar-refractivity contribution < 1.29 is 19.0 Å². The molecule has 2 aromatic carbocycles. The van der Waals surface area contributed by atoms with Crippen molar-refractivity contribution in [2.24, 2.45) is 0 Å². The van der Waals surface area contributed by atoms with Crippen molar-refractivity contribution in [3.8, 4) is 17.2 Å². The molecule has 0 saturated carbocycles. The molecule has 0 bridgehead atoms. The molecule has 0 aliphatic heterocycles. The molecule has 5 nitrogen and oxygen atoms in total. The van der Waals surface area contributed by atoms with Gasteiger partial charge in [0.15, 0.2) is 6.61 Å². The number of aryl methyl sites for hydroxylation is 1. The van der Waals surface area contributed by atoms with Crippen LogP contribution < -0.4 is 19.5 Å². The highest BCUT2D eigenvalue weighted by Gasteiger charge is 2.07. The van der Waals surface area contributed by atoms with E-state index < -0.39 is 0 Å². The molecule has 5 heteroatoms. The van der Waals surface area contributed by atoms with Gasteiger partial charge in [0.1, 0.15) is 17.2 Å². The predicted molar refractivity (Wildman–Crippen MR) is 84.8 cm³/mol. The smallest absolute Gasteiger partial charge is 0.262 e. The molecule has 2 aromatic rings. The van der Waals surface area contributed by atoms with E-state index in [0.29, 0.717) is 22.9 Å². The summed E-state index contributed by atoms with van der Waals surface area (Å²) in [6, 6.07) is 12.7. The Balaban J connectivity index is 1.95.